The first kappa shape index (κ1) is 9.94. The molecule has 3 heteroatoms. The molecule has 1 fully saturated rings. The molecule has 0 heterocycles. The van der Waals surface area contributed by atoms with Crippen molar-refractivity contribution in [1.82, 2.24) is 0 Å². The Morgan fingerprint density at radius 3 is 2.64 bits per heavy atom. The summed E-state index contributed by atoms with van der Waals surface area (Å²) in [6, 6.07) is 3.34. The number of hydrogen-bond donors (Lipinski definition) is 1. The molecule has 0 unspecified atom stereocenters. The summed E-state index contributed by atoms with van der Waals surface area (Å²) in [7, 11) is 0. The number of rotatable bonds is 2. The second-order valence-electron chi connectivity index (χ2n) is 4.11. The standard InChI is InChI=1S/C11H12ClFO/c1-7-4-8(5-9(12)10(7)13)6-11(14)2-3-11/h4-5,14H,2-3,6H2,1H3. The molecule has 1 nitrogen and oxygen atoms in total. The molecule has 14 heavy (non-hydrogen) atoms. The Morgan fingerprint density at radius 2 is 2.14 bits per heavy atom. The highest BCUT2D eigenvalue weighted by Gasteiger charge is 2.40. The van der Waals surface area contributed by atoms with Crippen molar-refractivity contribution in [2.45, 2.75) is 31.8 Å². The summed E-state index contributed by atoms with van der Waals surface area (Å²) in [6.07, 6.45) is 2.25. The summed E-state index contributed by atoms with van der Waals surface area (Å²) in [5.74, 6) is -0.363. The lowest BCUT2D eigenvalue weighted by molar-refractivity contribution is 0.151. The second-order valence-corrected chi connectivity index (χ2v) is 4.52. The maximum atomic E-state index is 13.2. The van der Waals surface area contributed by atoms with Crippen molar-refractivity contribution >= 4 is 11.6 Å². The molecule has 0 spiro atoms. The highest BCUT2D eigenvalue weighted by atomic mass is 35.5. The van der Waals surface area contributed by atoms with Gasteiger partial charge in [-0.15, -0.1) is 0 Å². The SMILES string of the molecule is Cc1cc(CC2(O)CC2)cc(Cl)c1F. The van der Waals surface area contributed by atoms with Crippen LogP contribution in [0.25, 0.3) is 0 Å². The largest absolute Gasteiger partial charge is 0.390 e. The molecule has 0 amide bonds. The zero-order valence-corrected chi connectivity index (χ0v) is 8.74. The van der Waals surface area contributed by atoms with E-state index in [1.54, 1.807) is 19.1 Å². The quantitative estimate of drug-likeness (QED) is 0.803. The topological polar surface area (TPSA) is 20.2 Å². The van der Waals surface area contributed by atoms with E-state index in [4.69, 9.17) is 11.6 Å². The van der Waals surface area contributed by atoms with Gasteiger partial charge in [-0.25, -0.2) is 4.39 Å². The molecule has 0 atom stereocenters. The molecule has 1 aromatic carbocycles. The maximum absolute atomic E-state index is 13.2. The zero-order valence-electron chi connectivity index (χ0n) is 7.98. The average molecular weight is 215 g/mol. The second kappa shape index (κ2) is 3.21. The molecular weight excluding hydrogens is 203 g/mol. The van der Waals surface area contributed by atoms with Crippen LogP contribution in [0.3, 0.4) is 0 Å². The fraction of sp³-hybridized carbons (Fsp3) is 0.455. The summed E-state index contributed by atoms with van der Waals surface area (Å²) in [5, 5.41) is 9.84. The van der Waals surface area contributed by atoms with E-state index in [9.17, 15) is 9.50 Å². The molecule has 0 aromatic heterocycles. The van der Waals surface area contributed by atoms with Crippen molar-refractivity contribution in [2.24, 2.45) is 0 Å². The molecule has 1 aromatic rings. The van der Waals surface area contributed by atoms with E-state index in [1.165, 1.54) is 0 Å². The minimum atomic E-state index is -0.548. The Balaban J connectivity index is 2.26. The summed E-state index contributed by atoms with van der Waals surface area (Å²) < 4.78 is 13.2. The van der Waals surface area contributed by atoms with Crippen molar-refractivity contribution in [1.29, 1.82) is 0 Å². The van der Waals surface area contributed by atoms with Crippen LogP contribution in [0.15, 0.2) is 12.1 Å². The summed E-state index contributed by atoms with van der Waals surface area (Å²) in [6.45, 7) is 1.68. The fourth-order valence-electron chi connectivity index (χ4n) is 1.60. The van der Waals surface area contributed by atoms with E-state index in [2.05, 4.69) is 0 Å². The van der Waals surface area contributed by atoms with E-state index < -0.39 is 5.60 Å². The van der Waals surface area contributed by atoms with Gasteiger partial charge in [0.05, 0.1) is 10.6 Å². The van der Waals surface area contributed by atoms with Crippen LogP contribution in [-0.4, -0.2) is 10.7 Å². The Kier molecular flexibility index (Phi) is 2.28. The van der Waals surface area contributed by atoms with E-state index in [1.807, 2.05) is 0 Å². The van der Waals surface area contributed by atoms with Gasteiger partial charge < -0.3 is 5.11 Å². The molecule has 1 aliphatic carbocycles. The van der Waals surface area contributed by atoms with Crippen molar-refractivity contribution in [3.8, 4) is 0 Å². The van der Waals surface area contributed by atoms with Crippen molar-refractivity contribution in [2.75, 3.05) is 0 Å². The molecular formula is C11H12ClFO. The lowest BCUT2D eigenvalue weighted by atomic mass is 10.0. The molecule has 2 rings (SSSR count). The van der Waals surface area contributed by atoms with Gasteiger partial charge in [-0.05, 0) is 37.0 Å². The number of hydrogen-bond acceptors (Lipinski definition) is 1. The van der Waals surface area contributed by atoms with Crippen LogP contribution in [0.5, 0.6) is 0 Å². The van der Waals surface area contributed by atoms with Crippen molar-refractivity contribution in [3.63, 3.8) is 0 Å². The van der Waals surface area contributed by atoms with Crippen LogP contribution < -0.4 is 0 Å². The van der Waals surface area contributed by atoms with Gasteiger partial charge in [0.2, 0.25) is 0 Å². The molecule has 0 aliphatic heterocycles. The molecule has 0 bridgehead atoms. The summed E-state index contributed by atoms with van der Waals surface area (Å²) >= 11 is 5.71. The molecule has 1 aliphatic rings. The first-order valence-electron chi connectivity index (χ1n) is 4.67. The smallest absolute Gasteiger partial charge is 0.144 e. The van der Waals surface area contributed by atoms with Gasteiger partial charge in [0.15, 0.2) is 0 Å². The van der Waals surface area contributed by atoms with Crippen LogP contribution in [0.2, 0.25) is 5.02 Å². The third-order valence-corrected chi connectivity index (χ3v) is 2.91. The van der Waals surface area contributed by atoms with Gasteiger partial charge in [-0.3, -0.25) is 0 Å². The van der Waals surface area contributed by atoms with Crippen LogP contribution in [0.4, 0.5) is 4.39 Å². The first-order valence-corrected chi connectivity index (χ1v) is 5.05. The maximum Gasteiger partial charge on any atom is 0.144 e. The first-order chi connectivity index (χ1) is 6.50. The van der Waals surface area contributed by atoms with E-state index in [0.29, 0.717) is 12.0 Å². The molecule has 76 valence electrons. The Hall–Kier alpha value is -0.600. The van der Waals surface area contributed by atoms with Gasteiger partial charge >= 0.3 is 0 Å². The lowest BCUT2D eigenvalue weighted by Crippen LogP contribution is -2.10. The molecule has 0 radical (unpaired) electrons. The number of benzene rings is 1. The van der Waals surface area contributed by atoms with Crippen LogP contribution in [0.1, 0.15) is 24.0 Å². The number of aryl methyl sites for hydroxylation is 1. The predicted molar refractivity (Wildman–Crippen MR) is 54.0 cm³/mol. The highest BCUT2D eigenvalue weighted by Crippen LogP contribution is 2.38. The zero-order chi connectivity index (χ0) is 10.3. The van der Waals surface area contributed by atoms with Crippen LogP contribution >= 0.6 is 11.6 Å². The highest BCUT2D eigenvalue weighted by molar-refractivity contribution is 6.30. The Bertz CT molecular complexity index is 349. The minimum absolute atomic E-state index is 0.143. The van der Waals surface area contributed by atoms with E-state index in [0.717, 1.165) is 18.4 Å². The van der Waals surface area contributed by atoms with Gasteiger partial charge in [0.1, 0.15) is 5.82 Å². The van der Waals surface area contributed by atoms with Crippen LogP contribution in [0, 0.1) is 12.7 Å². The van der Waals surface area contributed by atoms with Crippen LogP contribution in [-0.2, 0) is 6.42 Å². The van der Waals surface area contributed by atoms with Crippen molar-refractivity contribution < 1.29 is 9.50 Å². The predicted octanol–water partition coefficient (Wildman–Crippen LogP) is 2.85. The third kappa shape index (κ3) is 1.91. The van der Waals surface area contributed by atoms with E-state index >= 15 is 0 Å². The summed E-state index contributed by atoms with van der Waals surface area (Å²) in [5.41, 5.74) is 0.902. The number of halogens is 2. The molecule has 1 N–H and O–H groups in total. The average Bonchev–Trinajstić information content (AvgIpc) is 2.79. The Morgan fingerprint density at radius 1 is 1.50 bits per heavy atom. The fourth-order valence-corrected chi connectivity index (χ4v) is 1.89. The van der Waals surface area contributed by atoms with Gasteiger partial charge in [-0.2, -0.15) is 0 Å². The monoisotopic (exact) mass is 214 g/mol. The van der Waals surface area contributed by atoms with E-state index in [-0.39, 0.29) is 10.8 Å². The molecule has 1 saturated carbocycles. The van der Waals surface area contributed by atoms with Crippen molar-refractivity contribution in [3.05, 3.63) is 34.1 Å². The van der Waals surface area contributed by atoms with Gasteiger partial charge in [-0.1, -0.05) is 17.7 Å². The van der Waals surface area contributed by atoms with Gasteiger partial charge in [0, 0.05) is 6.42 Å². The minimum Gasteiger partial charge on any atom is -0.390 e. The molecule has 0 saturated heterocycles. The Labute approximate surface area is 87.5 Å². The number of aliphatic hydroxyl groups is 1. The third-order valence-electron chi connectivity index (χ3n) is 2.63. The summed E-state index contributed by atoms with van der Waals surface area (Å²) in [4.78, 5) is 0. The lowest BCUT2D eigenvalue weighted by Gasteiger charge is -2.09. The van der Waals surface area contributed by atoms with Gasteiger partial charge in [0.25, 0.3) is 0 Å². The normalized spacial score (nSPS) is 18.3.